The Bertz CT molecular complexity index is 585. The molecule has 2 aromatic heterocycles. The highest BCUT2D eigenvalue weighted by molar-refractivity contribution is 5.85. The van der Waals surface area contributed by atoms with Crippen LogP contribution in [0.3, 0.4) is 0 Å². The summed E-state index contributed by atoms with van der Waals surface area (Å²) in [6, 6.07) is 5.63. The summed E-state index contributed by atoms with van der Waals surface area (Å²) < 4.78 is 1.70. The van der Waals surface area contributed by atoms with Crippen LogP contribution in [0.15, 0.2) is 36.8 Å². The first-order valence-electron chi connectivity index (χ1n) is 6.79. The van der Waals surface area contributed by atoms with Gasteiger partial charge in [0.05, 0.1) is 6.04 Å². The predicted octanol–water partition coefficient (Wildman–Crippen LogP) is 1.48. The Morgan fingerprint density at radius 1 is 1.41 bits per heavy atom. The number of hydrogen-bond donors (Lipinski definition) is 2. The molecule has 3 heterocycles. The summed E-state index contributed by atoms with van der Waals surface area (Å²) in [5, 5.41) is 10.3. The second-order valence-electron chi connectivity index (χ2n) is 4.84. The molecule has 1 fully saturated rings. The van der Waals surface area contributed by atoms with Gasteiger partial charge in [-0.1, -0.05) is 0 Å². The van der Waals surface area contributed by atoms with Crippen molar-refractivity contribution in [2.75, 3.05) is 6.54 Å². The lowest BCUT2D eigenvalue weighted by atomic mass is 10.2. The van der Waals surface area contributed by atoms with Gasteiger partial charge in [0.25, 0.3) is 0 Å². The predicted molar refractivity (Wildman–Crippen MR) is 88.7 cm³/mol. The van der Waals surface area contributed by atoms with E-state index in [1.54, 1.807) is 17.1 Å². The topological polar surface area (TPSA) is 71.8 Å². The molecule has 1 saturated heterocycles. The van der Waals surface area contributed by atoms with Crippen molar-refractivity contribution in [2.45, 2.75) is 25.4 Å². The fraction of sp³-hybridized carbons (Fsp3) is 0.357. The molecule has 0 unspecified atom stereocenters. The zero-order chi connectivity index (χ0) is 13.8. The highest BCUT2D eigenvalue weighted by Gasteiger charge is 2.21. The Hall–Kier alpha value is -1.63. The number of carbonyl (C=O) groups is 1. The first-order valence-corrected chi connectivity index (χ1v) is 6.79. The van der Waals surface area contributed by atoms with Crippen LogP contribution >= 0.6 is 24.8 Å². The molecule has 1 atom stereocenters. The summed E-state index contributed by atoms with van der Waals surface area (Å²) in [5.41, 5.74) is 1.01. The highest BCUT2D eigenvalue weighted by Crippen LogP contribution is 2.08. The SMILES string of the molecule is Cl.Cl.O=C(NCc1ccnc(-n2cccn2)c1)[C@@H]1CCCN1. The lowest BCUT2D eigenvalue weighted by Gasteiger charge is -2.11. The molecule has 1 amide bonds. The van der Waals surface area contributed by atoms with Gasteiger partial charge < -0.3 is 10.6 Å². The van der Waals surface area contributed by atoms with Gasteiger partial charge in [-0.2, -0.15) is 5.10 Å². The maximum atomic E-state index is 11.9. The van der Waals surface area contributed by atoms with Crippen molar-refractivity contribution in [1.29, 1.82) is 0 Å². The maximum absolute atomic E-state index is 11.9. The molecule has 2 aromatic rings. The largest absolute Gasteiger partial charge is 0.351 e. The van der Waals surface area contributed by atoms with E-state index in [0.29, 0.717) is 6.54 Å². The molecule has 1 aliphatic heterocycles. The molecule has 0 radical (unpaired) electrons. The molecular weight excluding hydrogens is 325 g/mol. The summed E-state index contributed by atoms with van der Waals surface area (Å²) in [6.07, 6.45) is 7.26. The van der Waals surface area contributed by atoms with Crippen molar-refractivity contribution in [3.63, 3.8) is 0 Å². The van der Waals surface area contributed by atoms with Gasteiger partial charge in [0.15, 0.2) is 5.82 Å². The molecule has 0 spiro atoms. The summed E-state index contributed by atoms with van der Waals surface area (Å²) in [4.78, 5) is 16.2. The van der Waals surface area contributed by atoms with Gasteiger partial charge in [-0.05, 0) is 43.1 Å². The Balaban J connectivity index is 0.00000121. The Labute approximate surface area is 141 Å². The Morgan fingerprint density at radius 2 is 2.27 bits per heavy atom. The quantitative estimate of drug-likeness (QED) is 0.881. The number of nitrogens with one attached hydrogen (secondary N) is 2. The number of nitrogens with zero attached hydrogens (tertiary/aromatic N) is 3. The van der Waals surface area contributed by atoms with Gasteiger partial charge in [-0.3, -0.25) is 4.79 Å². The van der Waals surface area contributed by atoms with Gasteiger partial charge in [-0.25, -0.2) is 9.67 Å². The van der Waals surface area contributed by atoms with Crippen LogP contribution in [0.5, 0.6) is 0 Å². The second kappa shape index (κ2) is 8.73. The molecule has 0 bridgehead atoms. The van der Waals surface area contributed by atoms with Crippen molar-refractivity contribution in [1.82, 2.24) is 25.4 Å². The summed E-state index contributed by atoms with van der Waals surface area (Å²) in [6.45, 7) is 1.44. The van der Waals surface area contributed by atoms with Gasteiger partial charge in [-0.15, -0.1) is 24.8 Å². The number of aromatic nitrogens is 3. The van der Waals surface area contributed by atoms with Crippen LogP contribution in [-0.2, 0) is 11.3 Å². The normalized spacial score (nSPS) is 16.5. The van der Waals surface area contributed by atoms with E-state index in [1.165, 1.54) is 0 Å². The third-order valence-corrected chi connectivity index (χ3v) is 3.39. The van der Waals surface area contributed by atoms with Gasteiger partial charge >= 0.3 is 0 Å². The van der Waals surface area contributed by atoms with E-state index in [4.69, 9.17) is 0 Å². The zero-order valence-electron chi connectivity index (χ0n) is 11.9. The van der Waals surface area contributed by atoms with E-state index in [9.17, 15) is 4.79 Å². The molecule has 0 aromatic carbocycles. The third kappa shape index (κ3) is 4.43. The fourth-order valence-electron chi connectivity index (χ4n) is 2.32. The summed E-state index contributed by atoms with van der Waals surface area (Å²) in [5.74, 6) is 0.820. The number of amides is 1. The molecule has 3 rings (SSSR count). The van der Waals surface area contributed by atoms with Crippen molar-refractivity contribution in [3.05, 3.63) is 42.4 Å². The van der Waals surface area contributed by atoms with Crippen LogP contribution in [0.25, 0.3) is 5.82 Å². The Morgan fingerprint density at radius 3 is 2.95 bits per heavy atom. The zero-order valence-corrected chi connectivity index (χ0v) is 13.6. The second-order valence-corrected chi connectivity index (χ2v) is 4.84. The van der Waals surface area contributed by atoms with Crippen LogP contribution in [0.4, 0.5) is 0 Å². The number of hydrogen-bond acceptors (Lipinski definition) is 4. The number of carbonyl (C=O) groups excluding carboxylic acids is 1. The van der Waals surface area contributed by atoms with E-state index >= 15 is 0 Å². The van der Waals surface area contributed by atoms with Crippen LogP contribution < -0.4 is 10.6 Å². The molecule has 6 nitrogen and oxygen atoms in total. The molecule has 0 aliphatic carbocycles. The number of pyridine rings is 1. The van der Waals surface area contributed by atoms with Crippen molar-refractivity contribution >= 4 is 30.7 Å². The van der Waals surface area contributed by atoms with Gasteiger partial charge in [0.2, 0.25) is 5.91 Å². The lowest BCUT2D eigenvalue weighted by molar-refractivity contribution is -0.122. The smallest absolute Gasteiger partial charge is 0.237 e. The van der Waals surface area contributed by atoms with Crippen molar-refractivity contribution < 1.29 is 4.79 Å². The van der Waals surface area contributed by atoms with Crippen molar-refractivity contribution in [3.8, 4) is 5.82 Å². The first-order chi connectivity index (χ1) is 9.83. The molecule has 8 heteroatoms. The first kappa shape index (κ1) is 18.4. The average Bonchev–Trinajstić information content (AvgIpc) is 3.17. The van der Waals surface area contributed by atoms with Crippen LogP contribution in [-0.4, -0.2) is 33.3 Å². The third-order valence-electron chi connectivity index (χ3n) is 3.39. The molecule has 120 valence electrons. The molecule has 22 heavy (non-hydrogen) atoms. The molecule has 2 N–H and O–H groups in total. The van der Waals surface area contributed by atoms with E-state index in [1.807, 2.05) is 24.4 Å². The minimum Gasteiger partial charge on any atom is -0.351 e. The van der Waals surface area contributed by atoms with Crippen LogP contribution in [0.1, 0.15) is 18.4 Å². The standard InChI is InChI=1S/C14H17N5O.2ClH/c20-14(12-3-1-5-15-12)17-10-11-4-7-16-13(9-11)19-8-2-6-18-19;;/h2,4,6-9,12,15H,1,3,5,10H2,(H,17,20);2*1H/t12-;;/m0../s1. The molecule has 0 saturated carbocycles. The van der Waals surface area contributed by atoms with Gasteiger partial charge in [0, 0.05) is 25.1 Å². The van der Waals surface area contributed by atoms with E-state index in [0.717, 1.165) is 30.8 Å². The number of rotatable bonds is 4. The van der Waals surface area contributed by atoms with E-state index in [-0.39, 0.29) is 36.8 Å². The average molecular weight is 344 g/mol. The van der Waals surface area contributed by atoms with Crippen molar-refractivity contribution in [2.24, 2.45) is 0 Å². The fourth-order valence-corrected chi connectivity index (χ4v) is 2.32. The minimum atomic E-state index is -0.0394. The van der Waals surface area contributed by atoms with E-state index < -0.39 is 0 Å². The van der Waals surface area contributed by atoms with E-state index in [2.05, 4.69) is 20.7 Å². The lowest BCUT2D eigenvalue weighted by Crippen LogP contribution is -2.40. The summed E-state index contributed by atoms with van der Waals surface area (Å²) in [7, 11) is 0. The Kier molecular flexibility index (Phi) is 7.31. The highest BCUT2D eigenvalue weighted by atomic mass is 35.5. The van der Waals surface area contributed by atoms with Crippen LogP contribution in [0.2, 0.25) is 0 Å². The molecule has 1 aliphatic rings. The number of halogens is 2. The van der Waals surface area contributed by atoms with Gasteiger partial charge in [0.1, 0.15) is 0 Å². The maximum Gasteiger partial charge on any atom is 0.237 e. The monoisotopic (exact) mass is 343 g/mol. The molecular formula is C14H19Cl2N5O. The minimum absolute atomic E-state index is 0. The summed E-state index contributed by atoms with van der Waals surface area (Å²) >= 11 is 0. The van der Waals surface area contributed by atoms with Crippen LogP contribution in [0, 0.1) is 0 Å².